The van der Waals surface area contributed by atoms with Crippen LogP contribution in [0.25, 0.3) is 11.4 Å². The van der Waals surface area contributed by atoms with Gasteiger partial charge in [0.15, 0.2) is 10.6 Å². The highest BCUT2D eigenvalue weighted by atomic mass is 79.9. The van der Waals surface area contributed by atoms with Gasteiger partial charge in [-0.1, -0.05) is 12.1 Å². The average Bonchev–Trinajstić information content (AvgIpc) is 2.65. The third-order valence-electron chi connectivity index (χ3n) is 1.80. The van der Waals surface area contributed by atoms with E-state index in [1.165, 1.54) is 6.07 Å². The third kappa shape index (κ3) is 1.86. The smallest absolute Gasteiger partial charge is 0.258 e. The fourth-order valence-electron chi connectivity index (χ4n) is 1.18. The quantitative estimate of drug-likeness (QED) is 0.668. The summed E-state index contributed by atoms with van der Waals surface area (Å²) in [6, 6.07) is 6.32. The number of aromatic nitrogens is 3. The van der Waals surface area contributed by atoms with Gasteiger partial charge in [-0.2, -0.15) is 5.10 Å². The van der Waals surface area contributed by atoms with E-state index >= 15 is 0 Å². The molecule has 0 atom stereocenters. The Hall–Kier alpha value is -1.76. The van der Waals surface area contributed by atoms with E-state index in [0.29, 0.717) is 16.1 Å². The Morgan fingerprint density at radius 1 is 1.40 bits per heavy atom. The lowest BCUT2D eigenvalue weighted by atomic mass is 10.2. The van der Waals surface area contributed by atoms with Crippen molar-refractivity contribution in [2.24, 2.45) is 0 Å². The molecular formula is C8H5BrN4O2. The number of hydrogen-bond acceptors (Lipinski definition) is 4. The number of nitro groups is 1. The number of nitrogens with one attached hydrogen (secondary N) is 1. The summed E-state index contributed by atoms with van der Waals surface area (Å²) in [5.41, 5.74) is 0.383. The van der Waals surface area contributed by atoms with Gasteiger partial charge in [0, 0.05) is 6.07 Å². The maximum absolute atomic E-state index is 10.7. The fraction of sp³-hybridized carbons (Fsp3) is 0. The van der Waals surface area contributed by atoms with Crippen LogP contribution in [0.5, 0.6) is 0 Å². The van der Waals surface area contributed by atoms with Crippen LogP contribution in [0.15, 0.2) is 29.0 Å². The van der Waals surface area contributed by atoms with E-state index < -0.39 is 4.92 Å². The zero-order valence-corrected chi connectivity index (χ0v) is 8.93. The maximum Gasteiger partial charge on any atom is 0.280 e. The molecule has 0 fully saturated rings. The number of aromatic amines is 1. The molecule has 0 saturated heterocycles. The molecule has 0 saturated carbocycles. The number of nitro benzene ring substituents is 1. The van der Waals surface area contributed by atoms with E-state index in [1.807, 2.05) is 0 Å². The molecular weight excluding hydrogens is 264 g/mol. The number of para-hydroxylation sites is 1. The van der Waals surface area contributed by atoms with Crippen LogP contribution in [0.1, 0.15) is 0 Å². The molecule has 6 nitrogen and oxygen atoms in total. The van der Waals surface area contributed by atoms with E-state index in [9.17, 15) is 10.1 Å². The Bertz CT molecular complexity index is 511. The van der Waals surface area contributed by atoms with E-state index in [2.05, 4.69) is 31.1 Å². The molecule has 0 unspecified atom stereocenters. The van der Waals surface area contributed by atoms with Gasteiger partial charge in [-0.15, -0.1) is 0 Å². The van der Waals surface area contributed by atoms with E-state index in [0.717, 1.165) is 0 Å². The topological polar surface area (TPSA) is 84.7 Å². The fourth-order valence-corrected chi connectivity index (χ4v) is 1.44. The monoisotopic (exact) mass is 268 g/mol. The summed E-state index contributed by atoms with van der Waals surface area (Å²) < 4.78 is 0.440. The van der Waals surface area contributed by atoms with Gasteiger partial charge in [0.25, 0.3) is 5.69 Å². The first-order chi connectivity index (χ1) is 7.18. The highest BCUT2D eigenvalue weighted by molar-refractivity contribution is 9.10. The second-order valence-corrected chi connectivity index (χ2v) is 3.48. The molecule has 0 radical (unpaired) electrons. The lowest BCUT2D eigenvalue weighted by molar-refractivity contribution is -0.384. The number of rotatable bonds is 2. The molecule has 0 aliphatic heterocycles. The lowest BCUT2D eigenvalue weighted by Gasteiger charge is -1.96. The Labute approximate surface area is 92.6 Å². The number of halogens is 1. The summed E-state index contributed by atoms with van der Waals surface area (Å²) in [5.74, 6) is 0.300. The minimum atomic E-state index is -0.459. The Kier molecular flexibility index (Phi) is 2.46. The number of H-pyrrole nitrogens is 1. The standard InChI is InChI=1S/C8H5BrN4O2/c9-8-10-7(11-12-8)5-3-1-2-4-6(5)13(14)15/h1-4H,(H,10,11,12). The molecule has 0 bridgehead atoms. The molecule has 1 aromatic carbocycles. The van der Waals surface area contributed by atoms with Gasteiger partial charge in [-0.05, 0) is 22.0 Å². The number of nitrogens with zero attached hydrogens (tertiary/aromatic N) is 3. The van der Waals surface area contributed by atoms with E-state index in [1.54, 1.807) is 18.2 Å². The van der Waals surface area contributed by atoms with Gasteiger partial charge < -0.3 is 0 Å². The van der Waals surface area contributed by atoms with Gasteiger partial charge in [-0.3, -0.25) is 15.2 Å². The van der Waals surface area contributed by atoms with Crippen molar-refractivity contribution >= 4 is 21.6 Å². The van der Waals surface area contributed by atoms with Crippen LogP contribution >= 0.6 is 15.9 Å². The van der Waals surface area contributed by atoms with Crippen LogP contribution < -0.4 is 0 Å². The molecule has 1 heterocycles. The van der Waals surface area contributed by atoms with Gasteiger partial charge in [-0.25, -0.2) is 4.98 Å². The van der Waals surface area contributed by atoms with Crippen molar-refractivity contribution in [2.45, 2.75) is 0 Å². The second-order valence-electron chi connectivity index (χ2n) is 2.72. The molecule has 1 aromatic heterocycles. The molecule has 15 heavy (non-hydrogen) atoms. The molecule has 76 valence electrons. The Morgan fingerprint density at radius 2 is 2.13 bits per heavy atom. The summed E-state index contributed by atoms with van der Waals surface area (Å²) >= 11 is 3.09. The highest BCUT2D eigenvalue weighted by Crippen LogP contribution is 2.26. The average molecular weight is 269 g/mol. The minimum Gasteiger partial charge on any atom is -0.258 e. The van der Waals surface area contributed by atoms with E-state index in [-0.39, 0.29) is 5.69 Å². The van der Waals surface area contributed by atoms with Crippen molar-refractivity contribution in [1.29, 1.82) is 0 Å². The van der Waals surface area contributed by atoms with Crippen LogP contribution in [0.3, 0.4) is 0 Å². The van der Waals surface area contributed by atoms with Crippen LogP contribution in [0.4, 0.5) is 5.69 Å². The molecule has 0 aliphatic carbocycles. The summed E-state index contributed by atoms with van der Waals surface area (Å²) in [4.78, 5) is 14.2. The first-order valence-corrected chi connectivity index (χ1v) is 4.79. The maximum atomic E-state index is 10.7. The predicted molar refractivity (Wildman–Crippen MR) is 56.2 cm³/mol. The zero-order valence-electron chi connectivity index (χ0n) is 7.35. The molecule has 7 heteroatoms. The number of hydrogen-bond donors (Lipinski definition) is 1. The van der Waals surface area contributed by atoms with Crippen LogP contribution in [0, 0.1) is 10.1 Å². The zero-order chi connectivity index (χ0) is 10.8. The number of benzene rings is 1. The first kappa shape index (κ1) is 9.78. The molecule has 0 aliphatic rings. The molecule has 2 rings (SSSR count). The van der Waals surface area contributed by atoms with Crippen molar-refractivity contribution in [1.82, 2.24) is 15.2 Å². The summed E-state index contributed by atoms with van der Waals surface area (Å²) in [6.07, 6.45) is 0. The highest BCUT2D eigenvalue weighted by Gasteiger charge is 2.17. The SMILES string of the molecule is O=[N+]([O-])c1ccccc1-c1n[nH]c(Br)n1. The van der Waals surface area contributed by atoms with Crippen molar-refractivity contribution in [3.8, 4) is 11.4 Å². The summed E-state index contributed by atoms with van der Waals surface area (Å²) in [7, 11) is 0. The minimum absolute atomic E-state index is 0.0102. The molecule has 2 aromatic rings. The Morgan fingerprint density at radius 3 is 2.73 bits per heavy atom. The van der Waals surface area contributed by atoms with E-state index in [4.69, 9.17) is 0 Å². The molecule has 0 amide bonds. The first-order valence-electron chi connectivity index (χ1n) is 4.00. The second kappa shape index (κ2) is 3.77. The third-order valence-corrected chi connectivity index (χ3v) is 2.15. The van der Waals surface area contributed by atoms with Crippen molar-refractivity contribution in [3.63, 3.8) is 0 Å². The van der Waals surface area contributed by atoms with Gasteiger partial charge >= 0.3 is 0 Å². The predicted octanol–water partition coefficient (Wildman–Crippen LogP) is 2.14. The van der Waals surface area contributed by atoms with Crippen molar-refractivity contribution < 1.29 is 4.92 Å². The van der Waals surface area contributed by atoms with Crippen LogP contribution in [0.2, 0.25) is 0 Å². The lowest BCUT2D eigenvalue weighted by Crippen LogP contribution is -1.92. The van der Waals surface area contributed by atoms with Crippen LogP contribution in [-0.4, -0.2) is 20.1 Å². The van der Waals surface area contributed by atoms with Crippen molar-refractivity contribution in [3.05, 3.63) is 39.1 Å². The van der Waals surface area contributed by atoms with Gasteiger partial charge in [0.05, 0.1) is 10.5 Å². The summed E-state index contributed by atoms with van der Waals surface area (Å²) in [5, 5.41) is 17.1. The van der Waals surface area contributed by atoms with Crippen molar-refractivity contribution in [2.75, 3.05) is 0 Å². The molecule has 0 spiro atoms. The normalized spacial score (nSPS) is 10.2. The summed E-state index contributed by atoms with van der Waals surface area (Å²) in [6.45, 7) is 0. The molecule has 1 N–H and O–H groups in total. The van der Waals surface area contributed by atoms with Gasteiger partial charge in [0.1, 0.15) is 0 Å². The Balaban J connectivity index is 2.57. The van der Waals surface area contributed by atoms with Gasteiger partial charge in [0.2, 0.25) is 0 Å². The van der Waals surface area contributed by atoms with Crippen LogP contribution in [-0.2, 0) is 0 Å². The largest absolute Gasteiger partial charge is 0.280 e.